The minimum absolute atomic E-state index is 0.0373. The van der Waals surface area contributed by atoms with Crippen molar-refractivity contribution in [1.29, 1.82) is 0 Å². The zero-order valence-electron chi connectivity index (χ0n) is 37.3. The number of carbonyl (C=O) groups excluding carboxylic acids is 3. The monoisotopic (exact) mass is 864 g/mol. The lowest BCUT2D eigenvalue weighted by molar-refractivity contribution is -0.147. The van der Waals surface area contributed by atoms with E-state index >= 15 is 0 Å². The summed E-state index contributed by atoms with van der Waals surface area (Å²) in [7, 11) is 0. The van der Waals surface area contributed by atoms with Crippen molar-refractivity contribution < 1.29 is 57.8 Å². The quantitative estimate of drug-likeness (QED) is 0.0398. The summed E-state index contributed by atoms with van der Waals surface area (Å²) in [6.07, 6.45) is -2.69. The summed E-state index contributed by atoms with van der Waals surface area (Å²) in [5.74, 6) is 0.646. The number of aliphatic hydroxyl groups is 2. The number of benzene rings is 4. The van der Waals surface area contributed by atoms with Crippen molar-refractivity contribution in [2.75, 3.05) is 39.6 Å². The topological polar surface area (TPSA) is 156 Å². The molecule has 0 spiro atoms. The van der Waals surface area contributed by atoms with Gasteiger partial charge in [0.15, 0.2) is 6.10 Å². The van der Waals surface area contributed by atoms with Crippen LogP contribution in [0.3, 0.4) is 0 Å². The average Bonchev–Trinajstić information content (AvgIpc) is 3.27. The highest BCUT2D eigenvalue weighted by Crippen LogP contribution is 2.35. The predicted octanol–water partition coefficient (Wildman–Crippen LogP) is 8.00. The van der Waals surface area contributed by atoms with Crippen LogP contribution in [0.25, 0.3) is 0 Å². The van der Waals surface area contributed by atoms with Crippen molar-refractivity contribution in [1.82, 2.24) is 0 Å². The third-order valence-corrected chi connectivity index (χ3v) is 10.2. The van der Waals surface area contributed by atoms with Gasteiger partial charge in [-0.05, 0) is 91.6 Å². The Morgan fingerprint density at radius 1 is 0.444 bits per heavy atom. The largest absolute Gasteiger partial charge is 0.491 e. The van der Waals surface area contributed by atoms with E-state index in [1.54, 1.807) is 6.92 Å². The molecule has 336 valence electrons. The van der Waals surface area contributed by atoms with E-state index < -0.39 is 36.2 Å². The molecule has 0 saturated heterocycles. The van der Waals surface area contributed by atoms with Crippen LogP contribution in [-0.4, -0.2) is 86.1 Å². The van der Waals surface area contributed by atoms with E-state index in [0.29, 0.717) is 23.0 Å². The Hall–Kier alpha value is -6.37. The summed E-state index contributed by atoms with van der Waals surface area (Å²) in [6, 6.07) is 30.6. The van der Waals surface area contributed by atoms with Crippen molar-refractivity contribution >= 4 is 17.9 Å². The van der Waals surface area contributed by atoms with Crippen LogP contribution in [0.4, 0.5) is 0 Å². The molecule has 0 aromatic heterocycles. The molecule has 63 heavy (non-hydrogen) atoms. The number of ether oxygens (including phenoxy) is 7. The Morgan fingerprint density at radius 3 is 0.952 bits per heavy atom. The summed E-state index contributed by atoms with van der Waals surface area (Å²) >= 11 is 0. The highest BCUT2D eigenvalue weighted by molar-refractivity contribution is 5.87. The molecule has 0 aliphatic rings. The SMILES string of the molecule is C=C(C)C(=O)OCC(O)COc1ccc(C(C)(C)c2ccc(OCC(COc3ccc(C(C)(C)c4ccc(OCC(O)COC(=O)C(=C)C)cc4)cc3)OC(=O)C(=C)C)cc2)cc1. The molecule has 0 bridgehead atoms. The zero-order chi connectivity index (χ0) is 46.3. The van der Waals surface area contributed by atoms with Crippen LogP contribution in [0.2, 0.25) is 0 Å². The predicted molar refractivity (Wildman–Crippen MR) is 240 cm³/mol. The maximum absolute atomic E-state index is 12.6. The zero-order valence-corrected chi connectivity index (χ0v) is 37.3. The minimum atomic E-state index is -0.980. The number of carbonyl (C=O) groups is 3. The van der Waals surface area contributed by atoms with Crippen LogP contribution in [0, 0.1) is 0 Å². The lowest BCUT2D eigenvalue weighted by atomic mass is 9.78. The highest BCUT2D eigenvalue weighted by Gasteiger charge is 2.25. The van der Waals surface area contributed by atoms with Crippen LogP contribution in [0.15, 0.2) is 134 Å². The Balaban J connectivity index is 1.30. The molecule has 0 aliphatic carbocycles. The third kappa shape index (κ3) is 14.9. The van der Waals surface area contributed by atoms with Gasteiger partial charge in [0.1, 0.15) is 74.8 Å². The lowest BCUT2D eigenvalue weighted by Crippen LogP contribution is -2.31. The van der Waals surface area contributed by atoms with Crippen molar-refractivity contribution in [2.45, 2.75) is 77.6 Å². The van der Waals surface area contributed by atoms with Crippen LogP contribution < -0.4 is 18.9 Å². The summed E-state index contributed by atoms with van der Waals surface area (Å²) in [6.45, 7) is 23.5. The molecule has 2 atom stereocenters. The van der Waals surface area contributed by atoms with Gasteiger partial charge in [-0.2, -0.15) is 0 Å². The summed E-state index contributed by atoms with van der Waals surface area (Å²) in [5.41, 5.74) is 4.19. The number of esters is 3. The second-order valence-electron chi connectivity index (χ2n) is 16.5. The van der Waals surface area contributed by atoms with Gasteiger partial charge in [0.05, 0.1) is 0 Å². The van der Waals surface area contributed by atoms with Gasteiger partial charge in [0.25, 0.3) is 0 Å². The smallest absolute Gasteiger partial charge is 0.333 e. The number of aliphatic hydroxyl groups excluding tert-OH is 2. The Kier molecular flexibility index (Phi) is 17.7. The van der Waals surface area contributed by atoms with Crippen LogP contribution >= 0.6 is 0 Å². The minimum Gasteiger partial charge on any atom is -0.491 e. The van der Waals surface area contributed by atoms with E-state index in [2.05, 4.69) is 47.4 Å². The summed E-state index contributed by atoms with van der Waals surface area (Å²) in [4.78, 5) is 35.7. The first-order valence-corrected chi connectivity index (χ1v) is 20.6. The first kappa shape index (κ1) is 49.3. The fraction of sp³-hybridized carbons (Fsp3) is 0.353. The van der Waals surface area contributed by atoms with Gasteiger partial charge < -0.3 is 43.4 Å². The molecule has 12 nitrogen and oxygen atoms in total. The molecule has 2 unspecified atom stereocenters. The first-order valence-electron chi connectivity index (χ1n) is 20.6. The number of hydrogen-bond donors (Lipinski definition) is 2. The van der Waals surface area contributed by atoms with Crippen molar-refractivity contribution in [3.63, 3.8) is 0 Å². The maximum atomic E-state index is 12.6. The third-order valence-electron chi connectivity index (χ3n) is 10.2. The van der Waals surface area contributed by atoms with E-state index in [-0.39, 0.29) is 67.2 Å². The molecule has 0 saturated carbocycles. The molecule has 12 heteroatoms. The molecule has 0 radical (unpaired) electrons. The molecule has 0 heterocycles. The summed E-state index contributed by atoms with van der Waals surface area (Å²) < 4.78 is 39.2. The van der Waals surface area contributed by atoms with Crippen LogP contribution in [0.1, 0.15) is 70.7 Å². The standard InChI is InChI=1S/C51H60O12/c1-33(2)47(54)61-29-40(52)27-57-42-19-11-36(12-20-42)50(7,8)38-15-23-44(24-16-38)59-31-46(63-49(56)35(5)6)32-60-45-25-17-39(18-26-45)51(9,10)37-13-21-43(22-14-37)58-28-41(53)30-62-48(55)34(3)4/h11-26,40-41,46,52-53H,1,3,5,27-32H2,2,4,6-10H3. The fourth-order valence-corrected chi connectivity index (χ4v) is 6.02. The number of hydrogen-bond acceptors (Lipinski definition) is 12. The second kappa shape index (κ2) is 22.6. The Bertz CT molecular complexity index is 2030. The molecule has 0 amide bonds. The molecular weight excluding hydrogens is 805 g/mol. The van der Waals surface area contributed by atoms with E-state index in [1.165, 1.54) is 13.8 Å². The van der Waals surface area contributed by atoms with Gasteiger partial charge >= 0.3 is 17.9 Å². The van der Waals surface area contributed by atoms with Crippen molar-refractivity contribution in [3.8, 4) is 23.0 Å². The van der Waals surface area contributed by atoms with Crippen LogP contribution in [0.5, 0.6) is 23.0 Å². The highest BCUT2D eigenvalue weighted by atomic mass is 16.6. The number of rotatable bonds is 24. The molecular formula is C51H60O12. The Morgan fingerprint density at radius 2 is 0.698 bits per heavy atom. The van der Waals surface area contributed by atoms with E-state index in [0.717, 1.165) is 22.3 Å². The molecule has 0 aliphatic heterocycles. The molecule has 4 aromatic rings. The van der Waals surface area contributed by atoms with Crippen molar-refractivity contribution in [3.05, 3.63) is 156 Å². The second-order valence-corrected chi connectivity index (χ2v) is 16.5. The lowest BCUT2D eigenvalue weighted by Gasteiger charge is -2.27. The van der Waals surface area contributed by atoms with Gasteiger partial charge in [-0.3, -0.25) is 0 Å². The molecule has 2 N–H and O–H groups in total. The maximum Gasteiger partial charge on any atom is 0.333 e. The molecule has 4 aromatic carbocycles. The normalized spacial score (nSPS) is 12.8. The average molecular weight is 865 g/mol. The Labute approximate surface area is 370 Å². The van der Waals surface area contributed by atoms with E-state index in [4.69, 9.17) is 33.2 Å². The van der Waals surface area contributed by atoms with Gasteiger partial charge in [-0.25, -0.2) is 14.4 Å². The van der Waals surface area contributed by atoms with E-state index in [9.17, 15) is 24.6 Å². The van der Waals surface area contributed by atoms with Gasteiger partial charge in [0.2, 0.25) is 0 Å². The molecule has 0 fully saturated rings. The van der Waals surface area contributed by atoms with E-state index in [1.807, 2.05) is 97.1 Å². The van der Waals surface area contributed by atoms with Gasteiger partial charge in [0, 0.05) is 27.5 Å². The van der Waals surface area contributed by atoms with Gasteiger partial charge in [-0.15, -0.1) is 0 Å². The molecule has 4 rings (SSSR count). The van der Waals surface area contributed by atoms with Crippen molar-refractivity contribution in [2.24, 2.45) is 0 Å². The van der Waals surface area contributed by atoms with Crippen LogP contribution in [-0.2, 0) is 39.4 Å². The fourth-order valence-electron chi connectivity index (χ4n) is 6.02. The first-order chi connectivity index (χ1) is 29.8. The summed E-state index contributed by atoms with van der Waals surface area (Å²) in [5, 5.41) is 20.2. The van der Waals surface area contributed by atoms with Gasteiger partial charge in [-0.1, -0.05) is 96.0 Å².